The van der Waals surface area contributed by atoms with Crippen LogP contribution < -0.4 is 26.6 Å². The zero-order valence-electron chi connectivity index (χ0n) is 35.2. The summed E-state index contributed by atoms with van der Waals surface area (Å²) in [7, 11) is 0. The maximum Gasteiger partial charge on any atom is 0.243 e. The third kappa shape index (κ3) is 19.9. The van der Waals surface area contributed by atoms with Crippen molar-refractivity contribution >= 4 is 36.1 Å². The molecule has 0 bridgehead atoms. The molecule has 5 amide bonds. The number of nitrogens with one attached hydrogen (secondary N) is 5. The van der Waals surface area contributed by atoms with Gasteiger partial charge in [-0.15, -0.1) is 6.58 Å². The van der Waals surface area contributed by atoms with Crippen molar-refractivity contribution in [3.8, 4) is 0 Å². The van der Waals surface area contributed by atoms with Crippen LogP contribution in [-0.2, 0) is 44.6 Å². The Morgan fingerprint density at radius 1 is 0.767 bits per heavy atom. The second-order valence-corrected chi connectivity index (χ2v) is 15.3. The molecule has 60 heavy (non-hydrogen) atoms. The minimum absolute atomic E-state index is 0. The number of rotatable bonds is 30. The summed E-state index contributed by atoms with van der Waals surface area (Å²) in [6, 6.07) is 17.0. The Kier molecular flexibility index (Phi) is 25.8. The number of ether oxygens (including phenoxy) is 3. The lowest BCUT2D eigenvalue weighted by atomic mass is 9.95. The van der Waals surface area contributed by atoms with Gasteiger partial charge in [-0.2, -0.15) is 0 Å². The number of hydrogen-bond acceptors (Lipinski definition) is 8. The van der Waals surface area contributed by atoms with Crippen molar-refractivity contribution < 1.29 is 38.2 Å². The molecule has 0 aliphatic heterocycles. The van der Waals surface area contributed by atoms with Gasteiger partial charge >= 0.3 is 0 Å². The van der Waals surface area contributed by atoms with E-state index in [0.29, 0.717) is 64.7 Å². The molecule has 0 spiro atoms. The highest BCUT2D eigenvalue weighted by molar-refractivity contribution is 5.93. The molecule has 0 saturated heterocycles. The number of benzene rings is 2. The number of allylic oxidation sites excluding steroid dienone is 2. The van der Waals surface area contributed by atoms with Crippen molar-refractivity contribution in [2.45, 2.75) is 91.3 Å². The fourth-order valence-corrected chi connectivity index (χ4v) is 7.02. The first-order valence-corrected chi connectivity index (χ1v) is 21.1. The fraction of sp³-hybridized carbons (Fsp3) is 0.553. The lowest BCUT2D eigenvalue weighted by Crippen LogP contribution is -2.57. The standard InChI is InChI=1S/C46H67N5O8.CH4/c1-5-7-18-40(49-33-52)45(55)50-41(29-34(3)4)46(56)51-42(32-36-16-12-9-13-17-36)44(54)48-22-24-58-26-28-59-27-25-57-23-21-47-43(53)39-31-37(30-38(39)6-2)20-19-35-14-10-8-11-15-35;/h6,8-17,19-20,33-34,37-42H,2,5,7,18,21-32H2,1,3-4H3,(H,47,53)(H,48,54)(H,49,52)(H,50,55)(H,51,56);1H4/t37?,38?,39?,40-,41?,42-;/m0./s1. The molecule has 2 aromatic rings. The van der Waals surface area contributed by atoms with E-state index >= 15 is 0 Å². The maximum absolute atomic E-state index is 13.6. The molecule has 13 heteroatoms. The van der Waals surface area contributed by atoms with Crippen LogP contribution in [0, 0.1) is 23.7 Å². The van der Waals surface area contributed by atoms with Crippen LogP contribution in [0.15, 0.2) is 79.4 Å². The fourth-order valence-electron chi connectivity index (χ4n) is 7.02. The van der Waals surface area contributed by atoms with Crippen LogP contribution in [-0.4, -0.2) is 101 Å². The summed E-state index contributed by atoms with van der Waals surface area (Å²) in [6.45, 7) is 12.5. The molecule has 5 N–H and O–H groups in total. The van der Waals surface area contributed by atoms with Crippen LogP contribution in [0.5, 0.6) is 0 Å². The smallest absolute Gasteiger partial charge is 0.243 e. The predicted molar refractivity (Wildman–Crippen MR) is 237 cm³/mol. The van der Waals surface area contributed by atoms with Crippen LogP contribution in [0.1, 0.15) is 77.8 Å². The molecule has 2 aromatic carbocycles. The molecular formula is C47H71N5O8. The number of carbonyl (C=O) groups is 5. The lowest BCUT2D eigenvalue weighted by molar-refractivity contribution is -0.133. The average molecular weight is 834 g/mol. The van der Waals surface area contributed by atoms with Crippen LogP contribution >= 0.6 is 0 Å². The molecule has 3 rings (SSSR count). The van der Waals surface area contributed by atoms with E-state index in [2.05, 4.69) is 57.4 Å². The molecule has 332 valence electrons. The minimum atomic E-state index is -0.899. The molecule has 0 heterocycles. The Bertz CT molecular complexity index is 1570. The van der Waals surface area contributed by atoms with Gasteiger partial charge < -0.3 is 40.8 Å². The van der Waals surface area contributed by atoms with Gasteiger partial charge in [0.15, 0.2) is 0 Å². The Morgan fingerprint density at radius 3 is 1.95 bits per heavy atom. The molecule has 4 unspecified atom stereocenters. The van der Waals surface area contributed by atoms with Crippen molar-refractivity contribution in [3.05, 3.63) is 90.5 Å². The van der Waals surface area contributed by atoms with Crippen LogP contribution in [0.2, 0.25) is 0 Å². The molecule has 0 radical (unpaired) electrons. The molecule has 13 nitrogen and oxygen atoms in total. The Morgan fingerprint density at radius 2 is 1.35 bits per heavy atom. The van der Waals surface area contributed by atoms with Crippen LogP contribution in [0.3, 0.4) is 0 Å². The Balaban J connectivity index is 0.0000124. The van der Waals surface area contributed by atoms with E-state index in [0.717, 1.165) is 36.8 Å². The minimum Gasteiger partial charge on any atom is -0.377 e. The van der Waals surface area contributed by atoms with Gasteiger partial charge in [0, 0.05) is 25.4 Å². The summed E-state index contributed by atoms with van der Waals surface area (Å²) in [5.74, 6) is -0.793. The molecule has 1 fully saturated rings. The summed E-state index contributed by atoms with van der Waals surface area (Å²) in [5.41, 5.74) is 2.01. The predicted octanol–water partition coefficient (Wildman–Crippen LogP) is 5.01. The summed E-state index contributed by atoms with van der Waals surface area (Å²) in [4.78, 5) is 64.1. The van der Waals surface area contributed by atoms with Gasteiger partial charge in [-0.05, 0) is 54.6 Å². The zero-order chi connectivity index (χ0) is 42.7. The van der Waals surface area contributed by atoms with E-state index in [1.165, 1.54) is 0 Å². The summed E-state index contributed by atoms with van der Waals surface area (Å²) in [5, 5.41) is 14.1. The van der Waals surface area contributed by atoms with E-state index in [4.69, 9.17) is 14.2 Å². The van der Waals surface area contributed by atoms with E-state index in [-0.39, 0.29) is 56.6 Å². The highest BCUT2D eigenvalue weighted by Gasteiger charge is 2.36. The Labute approximate surface area is 358 Å². The summed E-state index contributed by atoms with van der Waals surface area (Å²) >= 11 is 0. The Hall–Kier alpha value is -4.85. The molecular weight excluding hydrogens is 763 g/mol. The zero-order valence-corrected chi connectivity index (χ0v) is 35.2. The van der Waals surface area contributed by atoms with Gasteiger partial charge in [-0.1, -0.05) is 120 Å². The highest BCUT2D eigenvalue weighted by Crippen LogP contribution is 2.38. The second kappa shape index (κ2) is 30.2. The van der Waals surface area contributed by atoms with E-state index in [9.17, 15) is 24.0 Å². The van der Waals surface area contributed by atoms with Crippen LogP contribution in [0.25, 0.3) is 6.08 Å². The van der Waals surface area contributed by atoms with Gasteiger partial charge in [0.1, 0.15) is 18.1 Å². The maximum atomic E-state index is 13.6. The highest BCUT2D eigenvalue weighted by atomic mass is 16.5. The topological polar surface area (TPSA) is 173 Å². The summed E-state index contributed by atoms with van der Waals surface area (Å²) in [6.07, 6.45) is 11.1. The van der Waals surface area contributed by atoms with Crippen molar-refractivity contribution in [1.82, 2.24) is 26.6 Å². The third-order valence-electron chi connectivity index (χ3n) is 10.2. The van der Waals surface area contributed by atoms with Crippen molar-refractivity contribution in [1.29, 1.82) is 0 Å². The number of carbonyl (C=O) groups excluding carboxylic acids is 5. The number of hydrogen-bond donors (Lipinski definition) is 5. The molecule has 1 aliphatic rings. The molecule has 1 aliphatic carbocycles. The van der Waals surface area contributed by atoms with E-state index < -0.39 is 29.9 Å². The van der Waals surface area contributed by atoms with Gasteiger partial charge in [0.05, 0.1) is 39.6 Å². The second-order valence-electron chi connectivity index (χ2n) is 15.3. The largest absolute Gasteiger partial charge is 0.377 e. The van der Waals surface area contributed by atoms with E-state index in [1.54, 1.807) is 0 Å². The lowest BCUT2D eigenvalue weighted by Gasteiger charge is -2.26. The van der Waals surface area contributed by atoms with Gasteiger partial charge in [0.25, 0.3) is 0 Å². The SMILES string of the molecule is C.C=CC1CC(C=Cc2ccccc2)CC1C(=O)NCCOCCOCCOCCNC(=O)[C@H](Cc1ccccc1)NC(=O)C(CC(C)C)NC(=O)[C@H](CCCC)NC=O. The molecule has 6 atom stereocenters. The average Bonchev–Trinajstić information content (AvgIpc) is 3.66. The van der Waals surface area contributed by atoms with Gasteiger partial charge in [-0.3, -0.25) is 24.0 Å². The van der Waals surface area contributed by atoms with Crippen LogP contribution in [0.4, 0.5) is 0 Å². The normalized spacial score (nSPS) is 17.5. The van der Waals surface area contributed by atoms with Crippen molar-refractivity contribution in [2.75, 3.05) is 52.7 Å². The van der Waals surface area contributed by atoms with Crippen molar-refractivity contribution in [3.63, 3.8) is 0 Å². The summed E-state index contributed by atoms with van der Waals surface area (Å²) < 4.78 is 16.9. The molecule has 1 saturated carbocycles. The third-order valence-corrected chi connectivity index (χ3v) is 10.2. The van der Waals surface area contributed by atoms with Gasteiger partial charge in [0.2, 0.25) is 30.0 Å². The monoisotopic (exact) mass is 834 g/mol. The molecule has 0 aromatic heterocycles. The first-order valence-electron chi connectivity index (χ1n) is 21.1. The number of amides is 5. The van der Waals surface area contributed by atoms with E-state index in [1.807, 2.05) is 75.4 Å². The quantitative estimate of drug-likeness (QED) is 0.0415. The van der Waals surface area contributed by atoms with Gasteiger partial charge in [-0.25, -0.2) is 0 Å². The first-order chi connectivity index (χ1) is 28.6. The number of unbranched alkanes of at least 4 members (excludes halogenated alkanes) is 1. The van der Waals surface area contributed by atoms with Crippen molar-refractivity contribution in [2.24, 2.45) is 23.7 Å². The first kappa shape index (κ1) is 51.3.